The van der Waals surface area contributed by atoms with E-state index in [9.17, 15) is 18.0 Å². The summed E-state index contributed by atoms with van der Waals surface area (Å²) in [6, 6.07) is 5.52. The average molecular weight is 407 g/mol. The Hall–Kier alpha value is -2.48. The molecule has 5 nitrogen and oxygen atoms in total. The van der Waals surface area contributed by atoms with E-state index < -0.39 is 11.7 Å². The van der Waals surface area contributed by atoms with E-state index in [-0.39, 0.29) is 18.4 Å². The van der Waals surface area contributed by atoms with E-state index in [0.717, 1.165) is 49.3 Å². The summed E-state index contributed by atoms with van der Waals surface area (Å²) in [5.74, 6) is 0.379. The molecule has 4 rings (SSSR count). The molecule has 1 unspecified atom stereocenters. The molecule has 1 fully saturated rings. The van der Waals surface area contributed by atoms with Crippen LogP contribution in [0.2, 0.25) is 0 Å². The number of amides is 1. The first-order valence-electron chi connectivity index (χ1n) is 9.87. The van der Waals surface area contributed by atoms with Crippen molar-refractivity contribution in [3.05, 3.63) is 35.6 Å². The van der Waals surface area contributed by atoms with E-state index in [2.05, 4.69) is 4.90 Å². The van der Waals surface area contributed by atoms with Crippen molar-refractivity contribution in [1.29, 1.82) is 0 Å². The van der Waals surface area contributed by atoms with E-state index in [1.54, 1.807) is 11.6 Å². The monoisotopic (exact) mass is 407 g/mol. The lowest BCUT2D eigenvalue weighted by atomic mass is 10.0. The summed E-state index contributed by atoms with van der Waals surface area (Å²) in [7, 11) is 1.74. The molecule has 2 aromatic heterocycles. The van der Waals surface area contributed by atoms with E-state index in [1.807, 2.05) is 6.07 Å². The molecule has 3 heterocycles. The Balaban J connectivity index is 1.76. The maximum atomic E-state index is 13.1. The third-order valence-electron chi connectivity index (χ3n) is 5.85. The first-order chi connectivity index (χ1) is 13.8. The van der Waals surface area contributed by atoms with Gasteiger partial charge in [-0.05, 0) is 50.6 Å². The first kappa shape index (κ1) is 19.8. The van der Waals surface area contributed by atoms with Crippen LogP contribution < -0.4 is 5.73 Å². The highest BCUT2D eigenvalue weighted by Gasteiger charge is 2.32. The van der Waals surface area contributed by atoms with Crippen LogP contribution >= 0.6 is 0 Å². The molecule has 1 saturated heterocycles. The Kier molecular flexibility index (Phi) is 5.06. The number of halogens is 3. The average Bonchev–Trinajstić information content (AvgIpc) is 3.21. The zero-order valence-electron chi connectivity index (χ0n) is 16.3. The SMILES string of the molecule is Cn1c2cc(C(F)(F)F)ccc2c2oc(C(CCC(N)=O)N3CCCCC3)cc21. The van der Waals surface area contributed by atoms with Crippen molar-refractivity contribution >= 4 is 27.9 Å². The standard InChI is InChI=1S/C21H24F3N3O2/c1-26-16-11-13(21(22,23)24)5-6-14(16)20-17(26)12-18(29-20)15(7-8-19(25)28)27-9-3-2-4-10-27/h5-6,11-12,15H,2-4,7-10H2,1H3,(H2,25,28). The third-order valence-corrected chi connectivity index (χ3v) is 5.85. The second-order valence-electron chi connectivity index (χ2n) is 7.77. The van der Waals surface area contributed by atoms with Gasteiger partial charge in [-0.15, -0.1) is 0 Å². The van der Waals surface area contributed by atoms with Crippen LogP contribution in [0.3, 0.4) is 0 Å². The van der Waals surface area contributed by atoms with E-state index in [0.29, 0.717) is 22.9 Å². The van der Waals surface area contributed by atoms with Crippen LogP contribution in [-0.4, -0.2) is 28.5 Å². The number of aromatic nitrogens is 1. The number of rotatable bonds is 5. The lowest BCUT2D eigenvalue weighted by Gasteiger charge is -2.33. The van der Waals surface area contributed by atoms with Gasteiger partial charge in [0.15, 0.2) is 5.58 Å². The lowest BCUT2D eigenvalue weighted by Crippen LogP contribution is -2.34. The van der Waals surface area contributed by atoms with Gasteiger partial charge in [-0.2, -0.15) is 13.2 Å². The second kappa shape index (κ2) is 7.40. The number of furan rings is 1. The molecule has 8 heteroatoms. The lowest BCUT2D eigenvalue weighted by molar-refractivity contribution is -0.137. The Morgan fingerprint density at radius 1 is 1.17 bits per heavy atom. The van der Waals surface area contributed by atoms with Crippen molar-refractivity contribution in [2.24, 2.45) is 12.8 Å². The van der Waals surface area contributed by atoms with Crippen LogP contribution in [0, 0.1) is 0 Å². The highest BCUT2D eigenvalue weighted by Crippen LogP contribution is 2.39. The van der Waals surface area contributed by atoms with Gasteiger partial charge < -0.3 is 14.7 Å². The van der Waals surface area contributed by atoms with Gasteiger partial charge in [0.2, 0.25) is 5.91 Å². The third kappa shape index (κ3) is 3.73. The maximum Gasteiger partial charge on any atom is 0.416 e. The Labute approximate surface area is 166 Å². The number of nitrogens with zero attached hydrogens (tertiary/aromatic N) is 2. The fraction of sp³-hybridized carbons (Fsp3) is 0.476. The fourth-order valence-corrected chi connectivity index (χ4v) is 4.33. The number of primary amides is 1. The summed E-state index contributed by atoms with van der Waals surface area (Å²) in [6.45, 7) is 1.85. The van der Waals surface area contributed by atoms with Gasteiger partial charge in [-0.1, -0.05) is 6.42 Å². The van der Waals surface area contributed by atoms with Gasteiger partial charge in [0.25, 0.3) is 0 Å². The predicted molar refractivity (Wildman–Crippen MR) is 104 cm³/mol. The largest absolute Gasteiger partial charge is 0.457 e. The van der Waals surface area contributed by atoms with Gasteiger partial charge in [-0.3, -0.25) is 9.69 Å². The molecule has 0 bridgehead atoms. The summed E-state index contributed by atoms with van der Waals surface area (Å²) in [6.07, 6.45) is -0.198. The van der Waals surface area contributed by atoms with Crippen LogP contribution in [0.25, 0.3) is 22.0 Å². The van der Waals surface area contributed by atoms with Crippen molar-refractivity contribution < 1.29 is 22.4 Å². The molecule has 3 aromatic rings. The molecular weight excluding hydrogens is 383 g/mol. The normalized spacial score (nSPS) is 17.2. The van der Waals surface area contributed by atoms with Crippen molar-refractivity contribution in [2.45, 2.75) is 44.3 Å². The number of likely N-dealkylation sites (tertiary alicyclic amines) is 1. The van der Waals surface area contributed by atoms with E-state index >= 15 is 0 Å². The molecule has 0 radical (unpaired) electrons. The summed E-state index contributed by atoms with van der Waals surface area (Å²) in [5, 5.41) is 0.647. The van der Waals surface area contributed by atoms with E-state index in [4.69, 9.17) is 10.2 Å². The molecular formula is C21H24F3N3O2. The van der Waals surface area contributed by atoms with Crippen LogP contribution in [0.4, 0.5) is 13.2 Å². The van der Waals surface area contributed by atoms with Gasteiger partial charge >= 0.3 is 6.18 Å². The zero-order chi connectivity index (χ0) is 20.8. The molecule has 1 aromatic carbocycles. The fourth-order valence-electron chi connectivity index (χ4n) is 4.33. The Bertz CT molecular complexity index is 1040. The highest BCUT2D eigenvalue weighted by molar-refractivity contribution is 6.05. The number of hydrogen-bond donors (Lipinski definition) is 1. The molecule has 2 N–H and O–H groups in total. The smallest absolute Gasteiger partial charge is 0.416 e. The molecule has 29 heavy (non-hydrogen) atoms. The topological polar surface area (TPSA) is 64.4 Å². The van der Waals surface area contributed by atoms with Crippen molar-refractivity contribution in [3.8, 4) is 0 Å². The minimum Gasteiger partial charge on any atom is -0.457 e. The summed E-state index contributed by atoms with van der Waals surface area (Å²) < 4.78 is 47.1. The number of fused-ring (bicyclic) bond motifs is 3. The number of benzene rings is 1. The molecule has 1 amide bonds. The van der Waals surface area contributed by atoms with E-state index in [1.165, 1.54) is 12.5 Å². The maximum absolute atomic E-state index is 13.1. The first-order valence-corrected chi connectivity index (χ1v) is 9.87. The number of piperidine rings is 1. The number of nitrogens with two attached hydrogens (primary N) is 1. The number of carbonyl (C=O) groups excluding carboxylic acids is 1. The van der Waals surface area contributed by atoms with Crippen LogP contribution in [0.5, 0.6) is 0 Å². The van der Waals surface area contributed by atoms with Crippen LogP contribution in [0.1, 0.15) is 49.5 Å². The quantitative estimate of drug-likeness (QED) is 0.665. The summed E-state index contributed by atoms with van der Waals surface area (Å²) in [5.41, 5.74) is 6.49. The van der Waals surface area contributed by atoms with Crippen molar-refractivity contribution in [3.63, 3.8) is 0 Å². The van der Waals surface area contributed by atoms with Gasteiger partial charge in [0.05, 0.1) is 22.6 Å². The molecule has 0 spiro atoms. The molecule has 1 atom stereocenters. The molecule has 0 aliphatic carbocycles. The number of carbonyl (C=O) groups is 1. The zero-order valence-corrected chi connectivity index (χ0v) is 16.3. The van der Waals surface area contributed by atoms with Crippen LogP contribution in [-0.2, 0) is 18.0 Å². The summed E-state index contributed by atoms with van der Waals surface area (Å²) >= 11 is 0. The van der Waals surface area contributed by atoms with Gasteiger partial charge in [0, 0.05) is 24.9 Å². The predicted octanol–water partition coefficient (Wildman–Crippen LogP) is 4.74. The minimum atomic E-state index is -4.39. The molecule has 0 saturated carbocycles. The molecule has 156 valence electrons. The Morgan fingerprint density at radius 2 is 1.90 bits per heavy atom. The summed E-state index contributed by atoms with van der Waals surface area (Å²) in [4.78, 5) is 13.7. The Morgan fingerprint density at radius 3 is 2.55 bits per heavy atom. The number of hydrogen-bond acceptors (Lipinski definition) is 3. The van der Waals surface area contributed by atoms with Crippen molar-refractivity contribution in [1.82, 2.24) is 9.47 Å². The van der Waals surface area contributed by atoms with Crippen molar-refractivity contribution in [2.75, 3.05) is 13.1 Å². The van der Waals surface area contributed by atoms with Crippen LogP contribution in [0.15, 0.2) is 28.7 Å². The second-order valence-corrected chi connectivity index (χ2v) is 7.77. The minimum absolute atomic E-state index is 0.0697. The number of aryl methyl sites for hydroxylation is 1. The molecule has 1 aliphatic rings. The highest BCUT2D eigenvalue weighted by atomic mass is 19.4. The number of alkyl halides is 3. The molecule has 1 aliphatic heterocycles. The van der Waals surface area contributed by atoms with Gasteiger partial charge in [-0.25, -0.2) is 0 Å². The van der Waals surface area contributed by atoms with Gasteiger partial charge in [0.1, 0.15) is 5.76 Å².